The highest BCUT2D eigenvalue weighted by Crippen LogP contribution is 2.22. The smallest absolute Gasteiger partial charge is 0.333 e. The predicted molar refractivity (Wildman–Crippen MR) is 81.6 cm³/mol. The number of nitrogens with one attached hydrogen (secondary N) is 2. The van der Waals surface area contributed by atoms with Crippen molar-refractivity contribution in [3.63, 3.8) is 0 Å². The fourth-order valence-electron chi connectivity index (χ4n) is 2.06. The molecule has 22 heavy (non-hydrogen) atoms. The van der Waals surface area contributed by atoms with Crippen LogP contribution in [0.15, 0.2) is 36.4 Å². The molecule has 1 heterocycles. The molecule has 2 aromatic rings. The largest absolute Gasteiger partial charge is 0.479 e. The Bertz CT molecular complexity index is 679. The lowest BCUT2D eigenvalue weighted by atomic mass is 9.92. The predicted octanol–water partition coefficient (Wildman–Crippen LogP) is 2.26. The van der Waals surface area contributed by atoms with Crippen LogP contribution in [0.2, 0.25) is 0 Å². The van der Waals surface area contributed by atoms with Crippen molar-refractivity contribution in [2.24, 2.45) is 0 Å². The second-order valence-corrected chi connectivity index (χ2v) is 5.61. The van der Waals surface area contributed by atoms with Gasteiger partial charge in [-0.3, -0.25) is 9.89 Å². The van der Waals surface area contributed by atoms with E-state index in [0.29, 0.717) is 5.56 Å². The molecule has 0 aliphatic heterocycles. The Labute approximate surface area is 128 Å². The van der Waals surface area contributed by atoms with E-state index in [9.17, 15) is 14.7 Å². The van der Waals surface area contributed by atoms with Gasteiger partial charge in [0.25, 0.3) is 5.91 Å². The number of hydrogen-bond acceptors (Lipinski definition) is 3. The van der Waals surface area contributed by atoms with Gasteiger partial charge in [-0.1, -0.05) is 44.2 Å². The van der Waals surface area contributed by atoms with Crippen molar-refractivity contribution in [2.45, 2.75) is 32.2 Å². The highest BCUT2D eigenvalue weighted by Gasteiger charge is 2.37. The van der Waals surface area contributed by atoms with Crippen LogP contribution in [0.1, 0.15) is 48.4 Å². The SMILES string of the molecule is CC(C)c1cc(C(=O)NC(C)(C(=O)O)c2ccccc2)n[nH]1. The van der Waals surface area contributed by atoms with Crippen LogP contribution in [0.25, 0.3) is 0 Å². The zero-order valence-corrected chi connectivity index (χ0v) is 12.8. The summed E-state index contributed by atoms with van der Waals surface area (Å²) in [7, 11) is 0. The number of aliphatic carboxylic acids is 1. The van der Waals surface area contributed by atoms with Gasteiger partial charge in [-0.25, -0.2) is 4.79 Å². The van der Waals surface area contributed by atoms with Gasteiger partial charge in [-0.2, -0.15) is 5.10 Å². The summed E-state index contributed by atoms with van der Waals surface area (Å²) in [5, 5.41) is 18.8. The first-order valence-electron chi connectivity index (χ1n) is 7.01. The number of aromatic nitrogens is 2. The molecule has 0 bridgehead atoms. The third-order valence-electron chi connectivity index (χ3n) is 3.59. The molecule has 0 aliphatic carbocycles. The van der Waals surface area contributed by atoms with Crippen molar-refractivity contribution >= 4 is 11.9 Å². The molecule has 0 fully saturated rings. The molecule has 1 atom stereocenters. The molecule has 1 unspecified atom stereocenters. The normalized spacial score (nSPS) is 13.6. The number of carboxylic acids is 1. The van der Waals surface area contributed by atoms with Crippen LogP contribution >= 0.6 is 0 Å². The minimum absolute atomic E-state index is 0.173. The zero-order valence-electron chi connectivity index (χ0n) is 12.8. The molecular formula is C16H19N3O3. The van der Waals surface area contributed by atoms with Gasteiger partial charge in [-0.05, 0) is 24.5 Å². The van der Waals surface area contributed by atoms with E-state index in [-0.39, 0.29) is 11.6 Å². The van der Waals surface area contributed by atoms with Gasteiger partial charge in [-0.15, -0.1) is 0 Å². The summed E-state index contributed by atoms with van der Waals surface area (Å²) in [4.78, 5) is 24.0. The molecule has 0 saturated carbocycles. The Balaban J connectivity index is 2.28. The number of benzene rings is 1. The van der Waals surface area contributed by atoms with Crippen LogP contribution in [0, 0.1) is 0 Å². The summed E-state index contributed by atoms with van der Waals surface area (Å²) in [6, 6.07) is 10.2. The van der Waals surface area contributed by atoms with Crippen molar-refractivity contribution in [2.75, 3.05) is 0 Å². The van der Waals surface area contributed by atoms with Gasteiger partial charge < -0.3 is 10.4 Å². The molecule has 116 valence electrons. The van der Waals surface area contributed by atoms with Crippen LogP contribution < -0.4 is 5.32 Å². The number of H-pyrrole nitrogens is 1. The molecule has 0 spiro atoms. The summed E-state index contributed by atoms with van der Waals surface area (Å²) in [6.45, 7) is 5.40. The number of rotatable bonds is 5. The molecule has 0 saturated heterocycles. The Morgan fingerprint density at radius 1 is 1.27 bits per heavy atom. The number of nitrogens with zero attached hydrogens (tertiary/aromatic N) is 1. The Morgan fingerprint density at radius 3 is 2.41 bits per heavy atom. The number of carbonyl (C=O) groups is 2. The third kappa shape index (κ3) is 3.00. The number of carboxylic acid groups (broad SMARTS) is 1. The van der Waals surface area contributed by atoms with Gasteiger partial charge in [0, 0.05) is 5.69 Å². The topological polar surface area (TPSA) is 95.1 Å². The summed E-state index contributed by atoms with van der Waals surface area (Å²) in [6.07, 6.45) is 0. The fraction of sp³-hybridized carbons (Fsp3) is 0.312. The quantitative estimate of drug-likeness (QED) is 0.789. The Morgan fingerprint density at radius 2 is 1.91 bits per heavy atom. The maximum Gasteiger partial charge on any atom is 0.333 e. The first-order chi connectivity index (χ1) is 10.3. The van der Waals surface area contributed by atoms with Crippen LogP contribution in [0.3, 0.4) is 0 Å². The maximum absolute atomic E-state index is 12.3. The number of carbonyl (C=O) groups excluding carboxylic acids is 1. The van der Waals surface area contributed by atoms with E-state index in [4.69, 9.17) is 0 Å². The molecule has 6 nitrogen and oxygen atoms in total. The van der Waals surface area contributed by atoms with E-state index in [1.807, 2.05) is 13.8 Å². The zero-order chi connectivity index (χ0) is 16.3. The van der Waals surface area contributed by atoms with Crippen molar-refractivity contribution in [3.05, 3.63) is 53.3 Å². The maximum atomic E-state index is 12.3. The molecule has 0 aliphatic rings. The second kappa shape index (κ2) is 6.01. The second-order valence-electron chi connectivity index (χ2n) is 5.61. The van der Waals surface area contributed by atoms with Gasteiger partial charge >= 0.3 is 5.97 Å². The Hall–Kier alpha value is -2.63. The molecular weight excluding hydrogens is 282 g/mol. The van der Waals surface area contributed by atoms with Crippen LogP contribution in [-0.2, 0) is 10.3 Å². The first-order valence-corrected chi connectivity index (χ1v) is 7.01. The van der Waals surface area contributed by atoms with E-state index < -0.39 is 17.4 Å². The van der Waals surface area contributed by atoms with Crippen LogP contribution in [0.4, 0.5) is 0 Å². The van der Waals surface area contributed by atoms with E-state index in [1.165, 1.54) is 6.92 Å². The number of hydrogen-bond donors (Lipinski definition) is 3. The standard InChI is InChI=1S/C16H19N3O3/c1-10(2)12-9-13(19-18-12)14(20)17-16(3,15(21)22)11-7-5-4-6-8-11/h4-10H,1-3H3,(H,17,20)(H,18,19)(H,21,22). The fourth-order valence-corrected chi connectivity index (χ4v) is 2.06. The lowest BCUT2D eigenvalue weighted by Gasteiger charge is -2.26. The van der Waals surface area contributed by atoms with Gasteiger partial charge in [0.2, 0.25) is 0 Å². The molecule has 1 amide bonds. The van der Waals surface area contributed by atoms with E-state index in [1.54, 1.807) is 36.4 Å². The van der Waals surface area contributed by atoms with E-state index in [0.717, 1.165) is 5.69 Å². The molecule has 2 rings (SSSR count). The van der Waals surface area contributed by atoms with Gasteiger partial charge in [0.1, 0.15) is 5.69 Å². The van der Waals surface area contributed by atoms with Gasteiger partial charge in [0.15, 0.2) is 5.54 Å². The Kier molecular flexibility index (Phi) is 4.30. The summed E-state index contributed by atoms with van der Waals surface area (Å²) >= 11 is 0. The van der Waals surface area contributed by atoms with Crippen LogP contribution in [-0.4, -0.2) is 27.2 Å². The van der Waals surface area contributed by atoms with Gasteiger partial charge in [0.05, 0.1) is 0 Å². The molecule has 3 N–H and O–H groups in total. The minimum atomic E-state index is -1.52. The highest BCUT2D eigenvalue weighted by atomic mass is 16.4. The van der Waals surface area contributed by atoms with Crippen molar-refractivity contribution in [3.8, 4) is 0 Å². The first kappa shape index (κ1) is 15.8. The summed E-state index contributed by atoms with van der Waals surface area (Å²) < 4.78 is 0. The third-order valence-corrected chi connectivity index (χ3v) is 3.59. The average Bonchev–Trinajstić information content (AvgIpc) is 2.98. The van der Waals surface area contributed by atoms with E-state index >= 15 is 0 Å². The average molecular weight is 301 g/mol. The number of aromatic amines is 1. The van der Waals surface area contributed by atoms with Crippen molar-refractivity contribution < 1.29 is 14.7 Å². The van der Waals surface area contributed by atoms with Crippen molar-refractivity contribution in [1.82, 2.24) is 15.5 Å². The summed E-state index contributed by atoms with van der Waals surface area (Å²) in [5.41, 5.74) is -0.0283. The van der Waals surface area contributed by atoms with E-state index in [2.05, 4.69) is 15.5 Å². The molecule has 1 aromatic heterocycles. The molecule has 1 aromatic carbocycles. The van der Waals surface area contributed by atoms with Crippen molar-refractivity contribution in [1.29, 1.82) is 0 Å². The number of amides is 1. The lowest BCUT2D eigenvalue weighted by Crippen LogP contribution is -2.49. The monoisotopic (exact) mass is 301 g/mol. The molecule has 0 radical (unpaired) electrons. The minimum Gasteiger partial charge on any atom is -0.479 e. The molecule has 6 heteroatoms. The highest BCUT2D eigenvalue weighted by molar-refractivity contribution is 5.96. The summed E-state index contributed by atoms with van der Waals surface area (Å²) in [5.74, 6) is -1.46. The van der Waals surface area contributed by atoms with Crippen LogP contribution in [0.5, 0.6) is 0 Å². The lowest BCUT2D eigenvalue weighted by molar-refractivity contribution is -0.144.